The molecule has 0 spiro atoms. The van der Waals surface area contributed by atoms with E-state index < -0.39 is 0 Å². The minimum absolute atomic E-state index is 1.24. The first-order chi connectivity index (χ1) is 13.9. The minimum atomic E-state index is 1.24. The number of unbranched alkanes of at least 4 members (excludes halogenated alkanes) is 21. The molecule has 0 atom stereocenters. The largest absolute Gasteiger partial charge is 0.317 e. The number of rotatable bonds is 25. The molecule has 0 heterocycles. The van der Waals surface area contributed by atoms with Crippen molar-refractivity contribution in [2.45, 2.75) is 162 Å². The van der Waals surface area contributed by atoms with Gasteiger partial charge in [-0.05, 0) is 25.9 Å². The zero-order valence-electron chi connectivity index (χ0n) is 20.2. The molecular formula is C27H57N. The van der Waals surface area contributed by atoms with Crippen LogP contribution in [-0.2, 0) is 0 Å². The Morgan fingerprint density at radius 3 is 0.750 bits per heavy atom. The van der Waals surface area contributed by atoms with Gasteiger partial charge in [0.05, 0.1) is 0 Å². The van der Waals surface area contributed by atoms with Crippen molar-refractivity contribution in [3.63, 3.8) is 0 Å². The van der Waals surface area contributed by atoms with Crippen LogP contribution in [0.3, 0.4) is 0 Å². The molecule has 0 rings (SSSR count). The van der Waals surface area contributed by atoms with E-state index in [0.29, 0.717) is 0 Å². The van der Waals surface area contributed by atoms with E-state index in [-0.39, 0.29) is 0 Å². The van der Waals surface area contributed by atoms with Crippen molar-refractivity contribution in [3.8, 4) is 0 Å². The van der Waals surface area contributed by atoms with Crippen molar-refractivity contribution in [3.05, 3.63) is 0 Å². The minimum Gasteiger partial charge on any atom is -0.317 e. The molecule has 0 saturated carbocycles. The summed E-state index contributed by atoms with van der Waals surface area (Å²) in [4.78, 5) is 0. The number of hydrogen-bond donors (Lipinski definition) is 1. The Bertz CT molecular complexity index is 225. The molecule has 28 heavy (non-hydrogen) atoms. The number of nitrogens with one attached hydrogen (secondary N) is 1. The second-order valence-corrected chi connectivity index (χ2v) is 9.17. The van der Waals surface area contributed by atoms with Crippen molar-refractivity contribution in [1.82, 2.24) is 5.32 Å². The van der Waals surface area contributed by atoms with Crippen molar-refractivity contribution >= 4 is 0 Å². The van der Waals surface area contributed by atoms with Gasteiger partial charge in [0, 0.05) is 0 Å². The number of hydrogen-bond acceptors (Lipinski definition) is 1. The van der Waals surface area contributed by atoms with Gasteiger partial charge in [-0.25, -0.2) is 0 Å². The van der Waals surface area contributed by atoms with E-state index >= 15 is 0 Å². The van der Waals surface area contributed by atoms with Gasteiger partial charge in [-0.1, -0.05) is 149 Å². The lowest BCUT2D eigenvalue weighted by atomic mass is 10.0. The van der Waals surface area contributed by atoms with Crippen molar-refractivity contribution in [2.75, 3.05) is 13.1 Å². The molecule has 1 N–H and O–H groups in total. The summed E-state index contributed by atoms with van der Waals surface area (Å²) < 4.78 is 0. The highest BCUT2D eigenvalue weighted by Crippen LogP contribution is 2.13. The summed E-state index contributed by atoms with van der Waals surface area (Å²) >= 11 is 0. The standard InChI is InChI=1S/C27H57N/c1-3-5-7-9-11-12-13-14-15-16-17-18-19-21-23-25-27-28-26-24-22-20-10-8-6-4-2/h28H,3-27H2,1-2H3. The Balaban J connectivity index is 2.96. The third-order valence-corrected chi connectivity index (χ3v) is 6.16. The summed E-state index contributed by atoms with van der Waals surface area (Å²) in [6.07, 6.45) is 33.3. The third-order valence-electron chi connectivity index (χ3n) is 6.16. The fourth-order valence-corrected chi connectivity index (χ4v) is 4.13. The molecule has 0 aromatic rings. The lowest BCUT2D eigenvalue weighted by Gasteiger charge is -2.05. The maximum Gasteiger partial charge on any atom is -0.00489 e. The molecule has 0 fully saturated rings. The molecule has 0 aliphatic rings. The highest BCUT2D eigenvalue weighted by molar-refractivity contribution is 4.53. The second-order valence-electron chi connectivity index (χ2n) is 9.17. The average Bonchev–Trinajstić information content (AvgIpc) is 2.71. The molecule has 1 nitrogen and oxygen atoms in total. The Hall–Kier alpha value is -0.0400. The van der Waals surface area contributed by atoms with Crippen LogP contribution >= 0.6 is 0 Å². The van der Waals surface area contributed by atoms with Crippen LogP contribution < -0.4 is 5.32 Å². The molecular weight excluding hydrogens is 338 g/mol. The molecule has 0 aliphatic carbocycles. The highest BCUT2D eigenvalue weighted by Gasteiger charge is 1.95. The summed E-state index contributed by atoms with van der Waals surface area (Å²) in [5, 5.41) is 3.64. The van der Waals surface area contributed by atoms with Gasteiger partial charge in [0.15, 0.2) is 0 Å². The van der Waals surface area contributed by atoms with Gasteiger partial charge in [0.1, 0.15) is 0 Å². The summed E-state index contributed by atoms with van der Waals surface area (Å²) in [5.74, 6) is 0. The normalized spacial score (nSPS) is 11.4. The van der Waals surface area contributed by atoms with Crippen LogP contribution in [0.1, 0.15) is 162 Å². The van der Waals surface area contributed by atoms with Crippen molar-refractivity contribution in [1.29, 1.82) is 0 Å². The quantitative estimate of drug-likeness (QED) is 0.152. The SMILES string of the molecule is CCCCCCCCCCCCCCCCCCNCCCCCCCCC. The monoisotopic (exact) mass is 395 g/mol. The predicted molar refractivity (Wildman–Crippen MR) is 130 cm³/mol. The second kappa shape index (κ2) is 27.0. The highest BCUT2D eigenvalue weighted by atomic mass is 14.8. The van der Waals surface area contributed by atoms with E-state index in [1.165, 1.54) is 161 Å². The van der Waals surface area contributed by atoms with E-state index in [1.54, 1.807) is 0 Å². The Morgan fingerprint density at radius 2 is 0.500 bits per heavy atom. The van der Waals surface area contributed by atoms with Gasteiger partial charge >= 0.3 is 0 Å². The topological polar surface area (TPSA) is 12.0 Å². The van der Waals surface area contributed by atoms with E-state index in [2.05, 4.69) is 19.2 Å². The first kappa shape index (κ1) is 28.0. The Kier molecular flexibility index (Phi) is 26.9. The molecule has 0 saturated heterocycles. The van der Waals surface area contributed by atoms with E-state index in [4.69, 9.17) is 0 Å². The first-order valence-electron chi connectivity index (χ1n) is 13.6. The molecule has 0 bridgehead atoms. The van der Waals surface area contributed by atoms with Crippen molar-refractivity contribution in [2.24, 2.45) is 0 Å². The van der Waals surface area contributed by atoms with E-state index in [0.717, 1.165) is 0 Å². The lowest BCUT2D eigenvalue weighted by Crippen LogP contribution is -2.16. The molecule has 0 aromatic carbocycles. The van der Waals surface area contributed by atoms with Gasteiger partial charge in [0.25, 0.3) is 0 Å². The summed E-state index contributed by atoms with van der Waals surface area (Å²) in [6, 6.07) is 0. The molecule has 0 unspecified atom stereocenters. The molecule has 170 valence electrons. The fraction of sp³-hybridized carbons (Fsp3) is 1.00. The van der Waals surface area contributed by atoms with Gasteiger partial charge in [-0.2, -0.15) is 0 Å². The van der Waals surface area contributed by atoms with Crippen molar-refractivity contribution < 1.29 is 0 Å². The van der Waals surface area contributed by atoms with Crippen LogP contribution in [0.4, 0.5) is 0 Å². The average molecular weight is 396 g/mol. The maximum atomic E-state index is 3.64. The lowest BCUT2D eigenvalue weighted by molar-refractivity contribution is 0.520. The van der Waals surface area contributed by atoms with Crippen LogP contribution in [0.5, 0.6) is 0 Å². The van der Waals surface area contributed by atoms with Crippen LogP contribution in [0.25, 0.3) is 0 Å². The van der Waals surface area contributed by atoms with Gasteiger partial charge in [-0.3, -0.25) is 0 Å². The van der Waals surface area contributed by atoms with E-state index in [9.17, 15) is 0 Å². The summed E-state index contributed by atoms with van der Waals surface area (Å²) in [5.41, 5.74) is 0. The molecule has 1 heteroatoms. The van der Waals surface area contributed by atoms with Crippen LogP contribution in [-0.4, -0.2) is 13.1 Å². The Morgan fingerprint density at radius 1 is 0.286 bits per heavy atom. The predicted octanol–water partition coefficient (Wildman–Crippen LogP) is 9.59. The fourth-order valence-electron chi connectivity index (χ4n) is 4.13. The third kappa shape index (κ3) is 26.0. The molecule has 0 aromatic heterocycles. The zero-order valence-corrected chi connectivity index (χ0v) is 20.2. The maximum absolute atomic E-state index is 3.64. The smallest absolute Gasteiger partial charge is 0.00489 e. The van der Waals surface area contributed by atoms with Gasteiger partial charge in [-0.15, -0.1) is 0 Å². The van der Waals surface area contributed by atoms with Gasteiger partial charge in [0.2, 0.25) is 0 Å². The first-order valence-corrected chi connectivity index (χ1v) is 13.6. The Labute approximate surface area is 180 Å². The molecule has 0 amide bonds. The van der Waals surface area contributed by atoms with E-state index in [1.807, 2.05) is 0 Å². The van der Waals surface area contributed by atoms with Crippen LogP contribution in [0.2, 0.25) is 0 Å². The van der Waals surface area contributed by atoms with Crippen LogP contribution in [0.15, 0.2) is 0 Å². The zero-order chi connectivity index (χ0) is 20.4. The van der Waals surface area contributed by atoms with Gasteiger partial charge < -0.3 is 5.32 Å². The molecule has 0 radical (unpaired) electrons. The summed E-state index contributed by atoms with van der Waals surface area (Å²) in [6.45, 7) is 7.08. The molecule has 0 aliphatic heterocycles. The van der Waals surface area contributed by atoms with Crippen LogP contribution in [0, 0.1) is 0 Å². The summed E-state index contributed by atoms with van der Waals surface area (Å²) in [7, 11) is 0.